The summed E-state index contributed by atoms with van der Waals surface area (Å²) in [6.45, 7) is 6.08. The van der Waals surface area contributed by atoms with E-state index in [1.807, 2.05) is 44.2 Å². The predicted octanol–water partition coefficient (Wildman–Crippen LogP) is 8.30. The van der Waals surface area contributed by atoms with E-state index in [1.54, 1.807) is 26.0 Å². The number of alkyl halides is 3. The molecule has 184 valence electrons. The molecule has 0 bridgehead atoms. The molecule has 10 heteroatoms. The lowest BCUT2D eigenvalue weighted by Crippen LogP contribution is -2.54. The molecule has 1 unspecified atom stereocenters. The lowest BCUT2D eigenvalue weighted by Gasteiger charge is -2.30. The molecule has 0 aliphatic heterocycles. The van der Waals surface area contributed by atoms with Crippen molar-refractivity contribution in [3.8, 4) is 0 Å². The molecule has 1 atom stereocenters. The van der Waals surface area contributed by atoms with E-state index in [0.29, 0.717) is 20.1 Å². The van der Waals surface area contributed by atoms with Crippen LogP contribution in [0.15, 0.2) is 36.4 Å². The summed E-state index contributed by atoms with van der Waals surface area (Å²) in [5.74, 6) is 0.0426. The summed E-state index contributed by atoms with van der Waals surface area (Å²) < 4.78 is 37.5. The number of rotatable bonds is 7. The Labute approximate surface area is 223 Å². The second kappa shape index (κ2) is 11.6. The molecule has 0 radical (unpaired) electrons. The molecule has 0 aliphatic rings. The number of aryl methyl sites for hydroxylation is 1. The first-order valence-electron chi connectivity index (χ1n) is 10.2. The first-order chi connectivity index (χ1) is 15.6. The van der Waals surface area contributed by atoms with Crippen molar-refractivity contribution >= 4 is 75.3 Å². The molecule has 0 aromatic heterocycles. The van der Waals surface area contributed by atoms with E-state index in [1.165, 1.54) is 0 Å². The number of thiocarbonyl (C=S) groups is 2. The minimum atomic E-state index is -4.36. The van der Waals surface area contributed by atoms with Crippen LogP contribution in [0.2, 0.25) is 15.1 Å². The van der Waals surface area contributed by atoms with Gasteiger partial charge in [0.05, 0.1) is 20.6 Å². The van der Waals surface area contributed by atoms with Crippen molar-refractivity contribution < 1.29 is 13.2 Å². The number of hydrogen-bond donors (Lipinski definition) is 2. The number of allylic oxidation sites excluding steroid dienone is 1. The third-order valence-electron chi connectivity index (χ3n) is 5.05. The number of halogens is 6. The molecule has 2 aromatic carbocycles. The van der Waals surface area contributed by atoms with Crippen LogP contribution in [0, 0.1) is 6.92 Å². The van der Waals surface area contributed by atoms with Crippen LogP contribution in [-0.4, -0.2) is 28.2 Å². The molecule has 2 N–H and O–H groups in total. The Kier molecular flexibility index (Phi) is 9.82. The maximum Gasteiger partial charge on any atom is 0.405 e. The van der Waals surface area contributed by atoms with E-state index in [2.05, 4.69) is 10.6 Å². The molecule has 0 amide bonds. The topological polar surface area (TPSA) is 24.1 Å². The molecule has 0 aliphatic carbocycles. The lowest BCUT2D eigenvalue weighted by molar-refractivity contribution is -0.122. The van der Waals surface area contributed by atoms with Gasteiger partial charge in [-0.1, -0.05) is 96.5 Å². The van der Waals surface area contributed by atoms with Crippen molar-refractivity contribution in [1.29, 1.82) is 0 Å². The van der Waals surface area contributed by atoms with E-state index in [0.717, 1.165) is 22.3 Å². The minimum Gasteiger partial charge on any atom is -0.369 e. The van der Waals surface area contributed by atoms with Gasteiger partial charge in [-0.25, -0.2) is 0 Å². The smallest absolute Gasteiger partial charge is 0.369 e. The Bertz CT molecular complexity index is 1090. The summed E-state index contributed by atoms with van der Waals surface area (Å²) in [6.07, 6.45) is -0.354. The van der Waals surface area contributed by atoms with E-state index in [4.69, 9.17) is 59.2 Å². The van der Waals surface area contributed by atoms with Gasteiger partial charge < -0.3 is 10.6 Å². The monoisotopic (exact) mass is 566 g/mol. The van der Waals surface area contributed by atoms with Crippen molar-refractivity contribution in [3.63, 3.8) is 0 Å². The molecule has 2 aromatic rings. The highest BCUT2D eigenvalue weighted by molar-refractivity contribution is 7.81. The summed E-state index contributed by atoms with van der Waals surface area (Å²) in [4.78, 5) is 0.425. The van der Waals surface area contributed by atoms with Crippen LogP contribution in [0.4, 0.5) is 13.2 Å². The quantitative estimate of drug-likeness (QED) is 0.260. The van der Waals surface area contributed by atoms with Crippen LogP contribution in [0.1, 0.15) is 48.9 Å². The van der Waals surface area contributed by atoms with Crippen molar-refractivity contribution in [2.24, 2.45) is 0 Å². The second-order valence-electron chi connectivity index (χ2n) is 8.40. The highest BCUT2D eigenvalue weighted by Gasteiger charge is 2.31. The molecule has 0 fully saturated rings. The molecule has 2 rings (SSSR count). The zero-order valence-corrected chi connectivity index (χ0v) is 22.8. The first-order valence-corrected chi connectivity index (χ1v) is 12.2. The standard InChI is InChI=1S/C24H24Cl3F3N2S2/c1-13(16-10-18(25)20(27)19(26)11-16)5-6-15-7-8-17(14(2)9-15)21(33)32-23(3,4)22(34)31-12-24(28,29)30/h5-11,13H,12H2,1-4H3,(H,31,34)(H,32,33)/b6-5+. The summed E-state index contributed by atoms with van der Waals surface area (Å²) in [6, 6.07) is 9.33. The van der Waals surface area contributed by atoms with Crippen LogP contribution < -0.4 is 10.6 Å². The van der Waals surface area contributed by atoms with Crippen LogP contribution in [0.3, 0.4) is 0 Å². The average Bonchev–Trinajstić information content (AvgIpc) is 2.72. The second-order valence-corrected chi connectivity index (χ2v) is 10.4. The van der Waals surface area contributed by atoms with Gasteiger partial charge in [0.2, 0.25) is 0 Å². The molecular weight excluding hydrogens is 544 g/mol. The van der Waals surface area contributed by atoms with E-state index in [-0.39, 0.29) is 10.9 Å². The molecule has 34 heavy (non-hydrogen) atoms. The largest absolute Gasteiger partial charge is 0.405 e. The molecular formula is C24H24Cl3F3N2S2. The molecule has 0 heterocycles. The van der Waals surface area contributed by atoms with Gasteiger partial charge >= 0.3 is 6.18 Å². The van der Waals surface area contributed by atoms with Gasteiger partial charge in [-0.2, -0.15) is 13.2 Å². The van der Waals surface area contributed by atoms with Crippen molar-refractivity contribution in [3.05, 3.63) is 73.7 Å². The van der Waals surface area contributed by atoms with Gasteiger partial charge in [0, 0.05) is 5.56 Å². The van der Waals surface area contributed by atoms with E-state index >= 15 is 0 Å². The van der Waals surface area contributed by atoms with Gasteiger partial charge in [0.1, 0.15) is 16.5 Å². The van der Waals surface area contributed by atoms with Crippen LogP contribution >= 0.6 is 59.2 Å². The van der Waals surface area contributed by atoms with E-state index < -0.39 is 18.3 Å². The third-order valence-corrected chi connectivity index (χ3v) is 7.22. The zero-order chi connectivity index (χ0) is 25.8. The van der Waals surface area contributed by atoms with Crippen molar-refractivity contribution in [2.45, 2.75) is 45.3 Å². The Morgan fingerprint density at radius 1 is 1.06 bits per heavy atom. The van der Waals surface area contributed by atoms with Gasteiger partial charge in [-0.05, 0) is 55.5 Å². The first kappa shape index (κ1) is 28.9. The van der Waals surface area contributed by atoms with Gasteiger partial charge in [0.25, 0.3) is 0 Å². The van der Waals surface area contributed by atoms with Crippen molar-refractivity contribution in [2.75, 3.05) is 6.54 Å². The fourth-order valence-electron chi connectivity index (χ4n) is 3.06. The highest BCUT2D eigenvalue weighted by atomic mass is 35.5. The van der Waals surface area contributed by atoms with Crippen molar-refractivity contribution in [1.82, 2.24) is 10.6 Å². The fraction of sp³-hybridized carbons (Fsp3) is 0.333. The predicted molar refractivity (Wildman–Crippen MR) is 146 cm³/mol. The maximum atomic E-state index is 12.5. The van der Waals surface area contributed by atoms with Gasteiger partial charge in [0.15, 0.2) is 0 Å². The average molecular weight is 568 g/mol. The highest BCUT2D eigenvalue weighted by Crippen LogP contribution is 2.34. The number of hydrogen-bond acceptors (Lipinski definition) is 2. The van der Waals surface area contributed by atoms with E-state index in [9.17, 15) is 13.2 Å². The Hall–Kier alpha value is -1.38. The molecule has 0 saturated carbocycles. The zero-order valence-electron chi connectivity index (χ0n) is 18.9. The van der Waals surface area contributed by atoms with Crippen LogP contribution in [-0.2, 0) is 0 Å². The number of nitrogens with one attached hydrogen (secondary N) is 2. The van der Waals surface area contributed by atoms with Crippen LogP contribution in [0.5, 0.6) is 0 Å². The minimum absolute atomic E-state index is 0.0285. The summed E-state index contributed by atoms with van der Waals surface area (Å²) in [5, 5.41) is 6.45. The third kappa shape index (κ3) is 8.09. The number of benzene rings is 2. The van der Waals surface area contributed by atoms with Crippen LogP contribution in [0.25, 0.3) is 6.08 Å². The fourth-order valence-corrected chi connectivity index (χ4v) is 4.28. The lowest BCUT2D eigenvalue weighted by atomic mass is 9.98. The SMILES string of the molecule is Cc1cc(/C=C/C(C)c2cc(Cl)c(Cl)c(Cl)c2)ccc1C(=S)NC(C)(C)C(=S)NCC(F)(F)F. The summed E-state index contributed by atoms with van der Waals surface area (Å²) in [5.41, 5.74) is 2.62. The molecule has 0 spiro atoms. The Morgan fingerprint density at radius 2 is 1.65 bits per heavy atom. The summed E-state index contributed by atoms with van der Waals surface area (Å²) >= 11 is 28.9. The Morgan fingerprint density at radius 3 is 2.18 bits per heavy atom. The maximum absolute atomic E-state index is 12.5. The molecule has 0 saturated heterocycles. The summed E-state index contributed by atoms with van der Waals surface area (Å²) in [7, 11) is 0. The van der Waals surface area contributed by atoms with Gasteiger partial charge in [-0.15, -0.1) is 0 Å². The molecule has 2 nitrogen and oxygen atoms in total. The Balaban J connectivity index is 2.10. The van der Waals surface area contributed by atoms with Gasteiger partial charge in [-0.3, -0.25) is 0 Å². The normalized spacial score (nSPS) is 13.1.